The normalized spacial score (nSPS) is 35.6. The van der Waals surface area contributed by atoms with Crippen LogP contribution in [0.15, 0.2) is 0 Å². The summed E-state index contributed by atoms with van der Waals surface area (Å²) in [5.41, 5.74) is 0. The van der Waals surface area contributed by atoms with Crippen LogP contribution in [0.5, 0.6) is 0 Å². The maximum atomic E-state index is 2.51. The van der Waals surface area contributed by atoms with E-state index < -0.39 is 8.07 Å². The molecule has 0 amide bonds. The second-order valence-corrected chi connectivity index (χ2v) is 9.25. The molecular weight excluding hydrogens is 112 g/mol. The van der Waals surface area contributed by atoms with Gasteiger partial charge in [0, 0.05) is 8.07 Å². The molecule has 1 rings (SSSR count). The molecule has 1 aliphatic rings. The minimum atomic E-state index is -0.603. The molecule has 0 spiro atoms. The summed E-state index contributed by atoms with van der Waals surface area (Å²) in [6, 6.07) is 3.15. The van der Waals surface area contributed by atoms with E-state index in [4.69, 9.17) is 0 Å². The molecule has 0 nitrogen and oxygen atoms in total. The first-order valence-electron chi connectivity index (χ1n) is 3.60. The second kappa shape index (κ2) is 1.87. The van der Waals surface area contributed by atoms with Gasteiger partial charge >= 0.3 is 0 Å². The molecule has 1 unspecified atom stereocenters. The Morgan fingerprint density at radius 3 is 2.12 bits per heavy atom. The molecule has 1 saturated heterocycles. The van der Waals surface area contributed by atoms with Crippen LogP contribution in [-0.4, -0.2) is 8.07 Å². The summed E-state index contributed by atoms with van der Waals surface area (Å²) in [6.07, 6.45) is 1.51. The number of hydrogen-bond donors (Lipinski definition) is 0. The van der Waals surface area contributed by atoms with Gasteiger partial charge in [0.1, 0.15) is 0 Å². The van der Waals surface area contributed by atoms with Crippen molar-refractivity contribution in [2.75, 3.05) is 0 Å². The van der Waals surface area contributed by atoms with Crippen molar-refractivity contribution in [3.05, 3.63) is 0 Å². The van der Waals surface area contributed by atoms with E-state index in [1.165, 1.54) is 6.42 Å². The maximum Gasteiger partial charge on any atom is 0.0476 e. The predicted molar refractivity (Wildman–Crippen MR) is 40.9 cm³/mol. The molecule has 1 fully saturated rings. The van der Waals surface area contributed by atoms with Crippen LogP contribution in [0.2, 0.25) is 25.2 Å². The van der Waals surface area contributed by atoms with E-state index in [0.717, 1.165) is 5.92 Å². The number of hydrogen-bond acceptors (Lipinski definition) is 0. The zero-order valence-corrected chi connectivity index (χ0v) is 7.20. The van der Waals surface area contributed by atoms with Gasteiger partial charge in [0.25, 0.3) is 0 Å². The number of rotatable bonds is 0. The van der Waals surface area contributed by atoms with Gasteiger partial charge in [-0.05, 0) is 5.92 Å². The summed E-state index contributed by atoms with van der Waals surface area (Å²) in [4.78, 5) is 0. The second-order valence-electron chi connectivity index (χ2n) is 4.01. The van der Waals surface area contributed by atoms with Crippen LogP contribution in [0.1, 0.15) is 13.3 Å². The van der Waals surface area contributed by atoms with E-state index in [1.807, 2.05) is 0 Å². The summed E-state index contributed by atoms with van der Waals surface area (Å²) in [7, 11) is -0.603. The zero-order valence-electron chi connectivity index (χ0n) is 6.20. The molecular formula is C7H16Si. The van der Waals surface area contributed by atoms with Crippen molar-refractivity contribution in [3.63, 3.8) is 0 Å². The zero-order chi connectivity index (χ0) is 6.20. The Hall–Kier alpha value is 0.217. The van der Waals surface area contributed by atoms with Crippen LogP contribution in [0.3, 0.4) is 0 Å². The third kappa shape index (κ3) is 1.34. The molecule has 8 heavy (non-hydrogen) atoms. The topological polar surface area (TPSA) is 0 Å². The Labute approximate surface area is 53.3 Å². The van der Waals surface area contributed by atoms with Crippen LogP contribution in [-0.2, 0) is 0 Å². The van der Waals surface area contributed by atoms with Crippen molar-refractivity contribution in [1.29, 1.82) is 0 Å². The van der Waals surface area contributed by atoms with Crippen molar-refractivity contribution < 1.29 is 0 Å². The van der Waals surface area contributed by atoms with E-state index in [1.54, 1.807) is 12.1 Å². The fourth-order valence-corrected chi connectivity index (χ4v) is 5.35. The molecule has 1 heteroatoms. The van der Waals surface area contributed by atoms with Gasteiger partial charge in [-0.25, -0.2) is 0 Å². The standard InChI is InChI=1S/C7H16Si/c1-7-4-5-8(2,3)6-7/h7H,4-6H2,1-3H3. The lowest BCUT2D eigenvalue weighted by Crippen LogP contribution is -2.18. The van der Waals surface area contributed by atoms with E-state index >= 15 is 0 Å². The summed E-state index contributed by atoms with van der Waals surface area (Å²) in [5, 5.41) is 0. The molecule has 1 atom stereocenters. The highest BCUT2D eigenvalue weighted by atomic mass is 28.3. The van der Waals surface area contributed by atoms with Crippen molar-refractivity contribution in [1.82, 2.24) is 0 Å². The third-order valence-electron chi connectivity index (χ3n) is 2.21. The van der Waals surface area contributed by atoms with Crippen LogP contribution >= 0.6 is 0 Å². The molecule has 0 N–H and O–H groups in total. The van der Waals surface area contributed by atoms with Crippen molar-refractivity contribution in [2.24, 2.45) is 5.92 Å². The first kappa shape index (κ1) is 6.34. The monoisotopic (exact) mass is 128 g/mol. The average Bonchev–Trinajstić information content (AvgIpc) is 1.82. The molecule has 1 aliphatic heterocycles. The summed E-state index contributed by atoms with van der Waals surface area (Å²) < 4.78 is 0. The van der Waals surface area contributed by atoms with Gasteiger partial charge in [0.2, 0.25) is 0 Å². The highest BCUT2D eigenvalue weighted by Crippen LogP contribution is 2.33. The van der Waals surface area contributed by atoms with E-state index in [0.29, 0.717) is 0 Å². The highest BCUT2D eigenvalue weighted by molar-refractivity contribution is 6.78. The van der Waals surface area contributed by atoms with Crippen molar-refractivity contribution in [2.45, 2.75) is 38.5 Å². The minimum Gasteiger partial charge on any atom is -0.0693 e. The van der Waals surface area contributed by atoms with Crippen LogP contribution in [0.25, 0.3) is 0 Å². The molecule has 48 valence electrons. The van der Waals surface area contributed by atoms with Gasteiger partial charge < -0.3 is 0 Å². The molecule has 1 heterocycles. The molecule has 0 aromatic carbocycles. The Bertz CT molecular complexity index is 86.4. The van der Waals surface area contributed by atoms with Gasteiger partial charge in [-0.3, -0.25) is 0 Å². The lowest BCUT2D eigenvalue weighted by Gasteiger charge is -2.12. The van der Waals surface area contributed by atoms with Gasteiger partial charge in [0.05, 0.1) is 0 Å². The Morgan fingerprint density at radius 1 is 1.38 bits per heavy atom. The lowest BCUT2D eigenvalue weighted by molar-refractivity contribution is 0.658. The summed E-state index contributed by atoms with van der Waals surface area (Å²) >= 11 is 0. The SMILES string of the molecule is CC1CC[Si](C)(C)C1. The quantitative estimate of drug-likeness (QED) is 0.440. The van der Waals surface area contributed by atoms with Gasteiger partial charge in [-0.2, -0.15) is 0 Å². The largest absolute Gasteiger partial charge is 0.0693 e. The van der Waals surface area contributed by atoms with Crippen LogP contribution in [0.4, 0.5) is 0 Å². The van der Waals surface area contributed by atoms with E-state index in [9.17, 15) is 0 Å². The van der Waals surface area contributed by atoms with Gasteiger partial charge in [-0.15, -0.1) is 0 Å². The Morgan fingerprint density at radius 2 is 2.00 bits per heavy atom. The first-order valence-corrected chi connectivity index (χ1v) is 7.02. The highest BCUT2D eigenvalue weighted by Gasteiger charge is 2.29. The first-order chi connectivity index (χ1) is 3.60. The summed E-state index contributed by atoms with van der Waals surface area (Å²) in [5.74, 6) is 1.05. The smallest absolute Gasteiger partial charge is 0.0476 e. The summed E-state index contributed by atoms with van der Waals surface area (Å²) in [6.45, 7) is 7.41. The maximum absolute atomic E-state index is 2.51. The fraction of sp³-hybridized carbons (Fsp3) is 1.00. The molecule has 0 saturated carbocycles. The fourth-order valence-electron chi connectivity index (χ4n) is 1.78. The molecule has 0 bridgehead atoms. The average molecular weight is 128 g/mol. The Balaban J connectivity index is 2.44. The molecule has 0 aromatic rings. The third-order valence-corrected chi connectivity index (χ3v) is 5.66. The Kier molecular flexibility index (Phi) is 1.48. The lowest BCUT2D eigenvalue weighted by atomic mass is 10.2. The molecule has 0 radical (unpaired) electrons. The van der Waals surface area contributed by atoms with Gasteiger partial charge in [0.15, 0.2) is 0 Å². The van der Waals surface area contributed by atoms with Crippen molar-refractivity contribution in [3.8, 4) is 0 Å². The van der Waals surface area contributed by atoms with E-state index in [-0.39, 0.29) is 0 Å². The minimum absolute atomic E-state index is 0.603. The van der Waals surface area contributed by atoms with Crippen LogP contribution in [0, 0.1) is 5.92 Å². The van der Waals surface area contributed by atoms with Crippen LogP contribution < -0.4 is 0 Å². The predicted octanol–water partition coefficient (Wildman–Crippen LogP) is 2.73. The molecule has 0 aliphatic carbocycles. The van der Waals surface area contributed by atoms with Gasteiger partial charge in [-0.1, -0.05) is 38.5 Å². The van der Waals surface area contributed by atoms with Crippen molar-refractivity contribution >= 4 is 8.07 Å². The molecule has 0 aromatic heterocycles. The van der Waals surface area contributed by atoms with E-state index in [2.05, 4.69) is 20.0 Å².